The molecule has 9 heteroatoms. The van der Waals surface area contributed by atoms with Crippen molar-refractivity contribution in [2.75, 3.05) is 11.0 Å². The zero-order chi connectivity index (χ0) is 16.0. The van der Waals surface area contributed by atoms with Crippen molar-refractivity contribution >= 4 is 15.7 Å². The van der Waals surface area contributed by atoms with Crippen molar-refractivity contribution in [1.29, 1.82) is 0 Å². The Labute approximate surface area is 126 Å². The Morgan fingerprint density at radius 3 is 2.73 bits per heavy atom. The van der Waals surface area contributed by atoms with Crippen LogP contribution in [-0.4, -0.2) is 24.8 Å². The van der Waals surface area contributed by atoms with Gasteiger partial charge >= 0.3 is 0 Å². The third kappa shape index (κ3) is 2.81. The zero-order valence-corrected chi connectivity index (χ0v) is 12.7. The summed E-state index contributed by atoms with van der Waals surface area (Å²) in [5, 5.41) is 3.84. The van der Waals surface area contributed by atoms with Gasteiger partial charge in [-0.1, -0.05) is 5.16 Å². The molecule has 0 spiro atoms. The van der Waals surface area contributed by atoms with E-state index in [1.807, 2.05) is 0 Å². The molecule has 0 aliphatic heterocycles. The van der Waals surface area contributed by atoms with Gasteiger partial charge in [0.05, 0.1) is 23.0 Å². The van der Waals surface area contributed by atoms with Crippen molar-refractivity contribution in [1.82, 2.24) is 10.1 Å². The highest BCUT2D eigenvalue weighted by molar-refractivity contribution is 7.92. The van der Waals surface area contributed by atoms with Crippen molar-refractivity contribution in [3.63, 3.8) is 0 Å². The van der Waals surface area contributed by atoms with E-state index in [0.29, 0.717) is 5.82 Å². The minimum absolute atomic E-state index is 0.0253. The first kappa shape index (κ1) is 14.9. The maximum Gasteiger partial charge on any atom is 0.260 e. The van der Waals surface area contributed by atoms with E-state index in [0.717, 1.165) is 37.7 Å². The smallest absolute Gasteiger partial charge is 0.260 e. The van der Waals surface area contributed by atoms with Crippen LogP contribution in [0.4, 0.5) is 10.1 Å². The SMILES string of the molecule is CS(=O)(=O)Nc1ccc(F)cc1-c1nc(C2(N)CCC2)no1. The van der Waals surface area contributed by atoms with Gasteiger partial charge in [0.25, 0.3) is 5.89 Å². The highest BCUT2D eigenvalue weighted by atomic mass is 32.2. The van der Waals surface area contributed by atoms with Crippen LogP contribution in [0.5, 0.6) is 0 Å². The van der Waals surface area contributed by atoms with Gasteiger partial charge in [-0.3, -0.25) is 4.72 Å². The van der Waals surface area contributed by atoms with Gasteiger partial charge in [0, 0.05) is 0 Å². The molecule has 1 aromatic carbocycles. The Hall–Kier alpha value is -2.00. The molecule has 0 bridgehead atoms. The van der Waals surface area contributed by atoms with E-state index < -0.39 is 21.4 Å². The summed E-state index contributed by atoms with van der Waals surface area (Å²) in [6.45, 7) is 0. The minimum Gasteiger partial charge on any atom is -0.334 e. The topological polar surface area (TPSA) is 111 Å². The van der Waals surface area contributed by atoms with Crippen molar-refractivity contribution in [2.45, 2.75) is 24.8 Å². The molecule has 2 aromatic rings. The summed E-state index contributed by atoms with van der Waals surface area (Å²) in [7, 11) is -3.52. The van der Waals surface area contributed by atoms with E-state index in [4.69, 9.17) is 10.3 Å². The predicted octanol–water partition coefficient (Wildman–Crippen LogP) is 1.59. The Bertz CT molecular complexity index is 814. The van der Waals surface area contributed by atoms with Crippen LogP contribution >= 0.6 is 0 Å². The summed E-state index contributed by atoms with van der Waals surface area (Å²) in [6.07, 6.45) is 3.50. The average molecular weight is 326 g/mol. The number of aromatic nitrogens is 2. The molecule has 3 rings (SSSR count). The van der Waals surface area contributed by atoms with Gasteiger partial charge in [-0.2, -0.15) is 4.98 Å². The van der Waals surface area contributed by atoms with E-state index in [1.165, 1.54) is 6.07 Å². The van der Waals surface area contributed by atoms with Crippen LogP contribution in [0.1, 0.15) is 25.1 Å². The van der Waals surface area contributed by atoms with Crippen LogP contribution in [0.3, 0.4) is 0 Å². The minimum atomic E-state index is -3.52. The first-order valence-electron chi connectivity index (χ1n) is 6.68. The number of nitrogens with zero attached hydrogens (tertiary/aromatic N) is 2. The Morgan fingerprint density at radius 1 is 1.41 bits per heavy atom. The van der Waals surface area contributed by atoms with Gasteiger partial charge in [-0.15, -0.1) is 0 Å². The molecule has 0 atom stereocenters. The van der Waals surface area contributed by atoms with Gasteiger partial charge in [0.15, 0.2) is 5.82 Å². The number of rotatable bonds is 4. The van der Waals surface area contributed by atoms with Crippen molar-refractivity contribution in [3.05, 3.63) is 29.8 Å². The van der Waals surface area contributed by atoms with Crippen molar-refractivity contribution in [3.8, 4) is 11.5 Å². The van der Waals surface area contributed by atoms with Crippen molar-refractivity contribution < 1.29 is 17.3 Å². The summed E-state index contributed by atoms with van der Waals surface area (Å²) in [5.74, 6) is -0.166. The van der Waals surface area contributed by atoms with Crippen LogP contribution in [0.15, 0.2) is 22.7 Å². The normalized spacial score (nSPS) is 17.0. The van der Waals surface area contributed by atoms with E-state index in [9.17, 15) is 12.8 Å². The third-order valence-electron chi connectivity index (χ3n) is 3.62. The number of hydrogen-bond acceptors (Lipinski definition) is 6. The fourth-order valence-electron chi connectivity index (χ4n) is 2.30. The van der Waals surface area contributed by atoms with Gasteiger partial charge in [0.1, 0.15) is 5.82 Å². The standard InChI is InChI=1S/C13H15FN4O3S/c1-22(19,20)18-10-4-3-8(14)7-9(10)11-16-12(17-21-11)13(15)5-2-6-13/h3-4,7,18H,2,5-6,15H2,1H3. The van der Waals surface area contributed by atoms with Crippen LogP contribution in [0.2, 0.25) is 0 Å². The number of sulfonamides is 1. The van der Waals surface area contributed by atoms with E-state index in [1.54, 1.807) is 0 Å². The Balaban J connectivity index is 2.02. The molecular formula is C13H15FN4O3S. The van der Waals surface area contributed by atoms with Gasteiger partial charge < -0.3 is 10.3 Å². The largest absolute Gasteiger partial charge is 0.334 e. The lowest BCUT2D eigenvalue weighted by Crippen LogP contribution is -2.44. The predicted molar refractivity (Wildman–Crippen MR) is 77.9 cm³/mol. The van der Waals surface area contributed by atoms with Gasteiger partial charge in [0.2, 0.25) is 10.0 Å². The third-order valence-corrected chi connectivity index (χ3v) is 4.22. The molecular weight excluding hydrogens is 311 g/mol. The molecule has 0 saturated heterocycles. The average Bonchev–Trinajstić information content (AvgIpc) is 2.86. The molecule has 1 saturated carbocycles. The number of benzene rings is 1. The van der Waals surface area contributed by atoms with Crippen LogP contribution < -0.4 is 10.5 Å². The summed E-state index contributed by atoms with van der Waals surface area (Å²) >= 11 is 0. The summed E-state index contributed by atoms with van der Waals surface area (Å²) in [4.78, 5) is 4.20. The van der Waals surface area contributed by atoms with Gasteiger partial charge in [-0.05, 0) is 37.5 Å². The Morgan fingerprint density at radius 2 is 2.14 bits per heavy atom. The quantitative estimate of drug-likeness (QED) is 0.882. The van der Waals surface area contributed by atoms with E-state index in [2.05, 4.69) is 14.9 Å². The second-order valence-electron chi connectivity index (χ2n) is 5.50. The number of halogens is 1. The highest BCUT2D eigenvalue weighted by Gasteiger charge is 2.39. The molecule has 0 radical (unpaired) electrons. The number of anilines is 1. The molecule has 3 N–H and O–H groups in total. The lowest BCUT2D eigenvalue weighted by Gasteiger charge is -2.34. The first-order chi connectivity index (χ1) is 10.3. The number of nitrogens with two attached hydrogens (primary N) is 1. The second-order valence-corrected chi connectivity index (χ2v) is 7.25. The molecule has 1 aromatic heterocycles. The maximum absolute atomic E-state index is 13.5. The fraction of sp³-hybridized carbons (Fsp3) is 0.385. The molecule has 1 aliphatic rings. The lowest BCUT2D eigenvalue weighted by atomic mass is 9.77. The molecule has 7 nitrogen and oxygen atoms in total. The van der Waals surface area contributed by atoms with Crippen molar-refractivity contribution in [2.24, 2.45) is 5.73 Å². The lowest BCUT2D eigenvalue weighted by molar-refractivity contribution is 0.229. The summed E-state index contributed by atoms with van der Waals surface area (Å²) in [5.41, 5.74) is 5.84. The van der Waals surface area contributed by atoms with E-state index >= 15 is 0 Å². The van der Waals surface area contributed by atoms with E-state index in [-0.39, 0.29) is 17.1 Å². The molecule has 118 valence electrons. The summed E-state index contributed by atoms with van der Waals surface area (Å²) < 4.78 is 43.7. The van der Waals surface area contributed by atoms with Crippen LogP contribution in [0, 0.1) is 5.82 Å². The number of hydrogen-bond donors (Lipinski definition) is 2. The molecule has 0 unspecified atom stereocenters. The molecule has 1 aliphatic carbocycles. The highest BCUT2D eigenvalue weighted by Crippen LogP contribution is 2.38. The maximum atomic E-state index is 13.5. The first-order valence-corrected chi connectivity index (χ1v) is 8.57. The fourth-order valence-corrected chi connectivity index (χ4v) is 2.88. The van der Waals surface area contributed by atoms with Crippen LogP contribution in [-0.2, 0) is 15.6 Å². The van der Waals surface area contributed by atoms with Gasteiger partial charge in [-0.25, -0.2) is 12.8 Å². The zero-order valence-electron chi connectivity index (χ0n) is 11.8. The van der Waals surface area contributed by atoms with Crippen LogP contribution in [0.25, 0.3) is 11.5 Å². The Kier molecular flexibility index (Phi) is 3.41. The molecule has 1 heterocycles. The molecule has 1 fully saturated rings. The molecule has 22 heavy (non-hydrogen) atoms. The summed E-state index contributed by atoms with van der Waals surface area (Å²) in [6, 6.07) is 3.58. The second kappa shape index (κ2) is 5.03. The molecule has 0 amide bonds. The number of nitrogens with one attached hydrogen (secondary N) is 1. The monoisotopic (exact) mass is 326 g/mol.